The number of likely N-dealkylation sites (tertiary alicyclic amines) is 1. The summed E-state index contributed by atoms with van der Waals surface area (Å²) in [6, 6.07) is 0. The fourth-order valence-corrected chi connectivity index (χ4v) is 2.03. The predicted molar refractivity (Wildman–Crippen MR) is 56.6 cm³/mol. The van der Waals surface area contributed by atoms with Gasteiger partial charge in [-0.2, -0.15) is 0 Å². The molecule has 1 rings (SSSR count). The van der Waals surface area contributed by atoms with E-state index < -0.39 is 12.1 Å². The summed E-state index contributed by atoms with van der Waals surface area (Å²) in [6.07, 6.45) is -0.788. The zero-order chi connectivity index (χ0) is 11.6. The molecule has 1 fully saturated rings. The van der Waals surface area contributed by atoms with E-state index in [2.05, 4.69) is 25.7 Å². The second-order valence-corrected chi connectivity index (χ2v) is 5.28. The molecule has 1 aliphatic heterocycles. The monoisotopic (exact) mass is 217 g/mol. The van der Waals surface area contributed by atoms with E-state index in [4.69, 9.17) is 5.11 Å². The van der Waals surface area contributed by atoms with E-state index in [1.54, 1.807) is 0 Å². The molecule has 1 aliphatic rings. The van der Waals surface area contributed by atoms with Gasteiger partial charge < -0.3 is 5.11 Å². The Bertz CT molecular complexity index is 237. The van der Waals surface area contributed by atoms with E-state index in [1.807, 2.05) is 0 Å². The number of hydrogen-bond donors (Lipinski definition) is 1. The summed E-state index contributed by atoms with van der Waals surface area (Å²) in [4.78, 5) is 12.6. The molecule has 0 spiro atoms. The van der Waals surface area contributed by atoms with Gasteiger partial charge in [0.1, 0.15) is 6.17 Å². The van der Waals surface area contributed by atoms with Crippen LogP contribution in [0.15, 0.2) is 0 Å². The fraction of sp³-hybridized carbons (Fsp3) is 0.909. The van der Waals surface area contributed by atoms with Crippen LogP contribution in [0.1, 0.15) is 33.6 Å². The highest BCUT2D eigenvalue weighted by atomic mass is 19.1. The summed E-state index contributed by atoms with van der Waals surface area (Å²) in [6.45, 7) is 7.84. The van der Waals surface area contributed by atoms with E-state index in [0.717, 1.165) is 13.0 Å². The summed E-state index contributed by atoms with van der Waals surface area (Å²) < 4.78 is 13.5. The maximum atomic E-state index is 13.5. The molecule has 88 valence electrons. The first-order valence-electron chi connectivity index (χ1n) is 5.41. The molecule has 0 radical (unpaired) electrons. The Labute approximate surface area is 90.3 Å². The van der Waals surface area contributed by atoms with E-state index in [0.29, 0.717) is 6.54 Å². The van der Waals surface area contributed by atoms with Crippen LogP contribution in [0.25, 0.3) is 0 Å². The summed E-state index contributed by atoms with van der Waals surface area (Å²) in [5, 5.41) is 8.52. The maximum Gasteiger partial charge on any atom is 0.306 e. The van der Waals surface area contributed by atoms with Gasteiger partial charge in [-0.1, -0.05) is 0 Å². The lowest BCUT2D eigenvalue weighted by molar-refractivity contribution is -0.138. The molecule has 2 unspecified atom stereocenters. The zero-order valence-electron chi connectivity index (χ0n) is 9.66. The molecule has 3 nitrogen and oxygen atoms in total. The Morgan fingerprint density at radius 1 is 1.60 bits per heavy atom. The van der Waals surface area contributed by atoms with Gasteiger partial charge in [0, 0.05) is 18.0 Å². The third-order valence-corrected chi connectivity index (χ3v) is 3.05. The summed E-state index contributed by atoms with van der Waals surface area (Å²) >= 11 is 0. The van der Waals surface area contributed by atoms with Crippen molar-refractivity contribution in [3.8, 4) is 0 Å². The van der Waals surface area contributed by atoms with Crippen LogP contribution in [0.4, 0.5) is 4.39 Å². The Kier molecular flexibility index (Phi) is 3.71. The van der Waals surface area contributed by atoms with Crippen LogP contribution in [-0.4, -0.2) is 40.8 Å². The number of hydrogen-bond acceptors (Lipinski definition) is 2. The van der Waals surface area contributed by atoms with Crippen LogP contribution >= 0.6 is 0 Å². The van der Waals surface area contributed by atoms with Crippen LogP contribution < -0.4 is 0 Å². The maximum absolute atomic E-state index is 13.5. The normalized spacial score (nSPS) is 25.5. The van der Waals surface area contributed by atoms with Gasteiger partial charge >= 0.3 is 5.97 Å². The fourth-order valence-electron chi connectivity index (χ4n) is 2.03. The number of rotatable bonds is 3. The average Bonchev–Trinajstić information content (AvgIpc) is 2.48. The van der Waals surface area contributed by atoms with Crippen LogP contribution in [0, 0.1) is 5.92 Å². The van der Waals surface area contributed by atoms with Crippen molar-refractivity contribution < 1.29 is 14.3 Å². The highest BCUT2D eigenvalue weighted by Gasteiger charge is 2.35. The molecule has 0 aromatic heterocycles. The molecule has 1 N–H and O–H groups in total. The average molecular weight is 217 g/mol. The van der Waals surface area contributed by atoms with Crippen molar-refractivity contribution in [2.75, 3.05) is 13.1 Å². The molecule has 0 aliphatic carbocycles. The standard InChI is InChI=1S/C11H20FNO2/c1-11(2,3)13-5-4-8(7-13)9(12)6-10(14)15/h8-9H,4-7H2,1-3H3,(H,14,15). The summed E-state index contributed by atoms with van der Waals surface area (Å²) in [7, 11) is 0. The summed E-state index contributed by atoms with van der Waals surface area (Å²) in [5.74, 6) is -1.16. The molecule has 4 heteroatoms. The molecule has 2 atom stereocenters. The Morgan fingerprint density at radius 3 is 2.60 bits per heavy atom. The van der Waals surface area contributed by atoms with Crippen molar-refractivity contribution in [3.05, 3.63) is 0 Å². The van der Waals surface area contributed by atoms with E-state index in [-0.39, 0.29) is 17.9 Å². The van der Waals surface area contributed by atoms with Gasteiger partial charge in [0.15, 0.2) is 0 Å². The highest BCUT2D eigenvalue weighted by Crippen LogP contribution is 2.28. The first kappa shape index (κ1) is 12.4. The lowest BCUT2D eigenvalue weighted by Gasteiger charge is -2.31. The first-order valence-corrected chi connectivity index (χ1v) is 5.41. The smallest absolute Gasteiger partial charge is 0.306 e. The predicted octanol–water partition coefficient (Wildman–Crippen LogP) is 1.92. The lowest BCUT2D eigenvalue weighted by Crippen LogP contribution is -2.40. The van der Waals surface area contributed by atoms with Crippen LogP contribution in [-0.2, 0) is 4.79 Å². The number of nitrogens with zero attached hydrogens (tertiary/aromatic N) is 1. The minimum atomic E-state index is -1.20. The van der Waals surface area contributed by atoms with Crippen molar-refractivity contribution in [1.82, 2.24) is 4.90 Å². The molecule has 0 saturated carbocycles. The van der Waals surface area contributed by atoms with Gasteiger partial charge in [-0.25, -0.2) is 4.39 Å². The number of halogens is 1. The van der Waals surface area contributed by atoms with Crippen LogP contribution in [0.2, 0.25) is 0 Å². The van der Waals surface area contributed by atoms with Crippen molar-refractivity contribution in [2.45, 2.75) is 45.3 Å². The van der Waals surface area contributed by atoms with Crippen LogP contribution in [0.3, 0.4) is 0 Å². The first-order chi connectivity index (χ1) is 6.80. The van der Waals surface area contributed by atoms with E-state index >= 15 is 0 Å². The molecule has 1 saturated heterocycles. The van der Waals surface area contributed by atoms with Crippen molar-refractivity contribution in [3.63, 3.8) is 0 Å². The van der Waals surface area contributed by atoms with E-state index in [1.165, 1.54) is 0 Å². The second kappa shape index (κ2) is 4.47. The number of carboxylic acid groups (broad SMARTS) is 1. The molecule has 15 heavy (non-hydrogen) atoms. The minimum absolute atomic E-state index is 0.0533. The Hall–Kier alpha value is -0.640. The van der Waals surface area contributed by atoms with Gasteiger partial charge in [-0.05, 0) is 33.7 Å². The lowest BCUT2D eigenvalue weighted by atomic mass is 10.00. The molecular formula is C11H20FNO2. The largest absolute Gasteiger partial charge is 0.481 e. The number of alkyl halides is 1. The molecule has 0 aromatic carbocycles. The Balaban J connectivity index is 2.45. The highest BCUT2D eigenvalue weighted by molar-refractivity contribution is 5.67. The quantitative estimate of drug-likeness (QED) is 0.785. The van der Waals surface area contributed by atoms with Crippen molar-refractivity contribution in [2.24, 2.45) is 5.92 Å². The number of carboxylic acids is 1. The van der Waals surface area contributed by atoms with Gasteiger partial charge in [0.05, 0.1) is 6.42 Å². The third kappa shape index (κ3) is 3.45. The van der Waals surface area contributed by atoms with Crippen LogP contribution in [0.5, 0.6) is 0 Å². The van der Waals surface area contributed by atoms with Gasteiger partial charge in [-0.15, -0.1) is 0 Å². The number of aliphatic carboxylic acids is 1. The molecule has 0 bridgehead atoms. The SMILES string of the molecule is CC(C)(C)N1CCC(C(F)CC(=O)O)C1. The van der Waals surface area contributed by atoms with E-state index in [9.17, 15) is 9.18 Å². The van der Waals surface area contributed by atoms with Gasteiger partial charge in [0.2, 0.25) is 0 Å². The van der Waals surface area contributed by atoms with Crippen molar-refractivity contribution >= 4 is 5.97 Å². The number of carbonyl (C=O) groups is 1. The molecular weight excluding hydrogens is 197 g/mol. The molecule has 1 heterocycles. The van der Waals surface area contributed by atoms with Crippen molar-refractivity contribution in [1.29, 1.82) is 0 Å². The van der Waals surface area contributed by atoms with Gasteiger partial charge in [-0.3, -0.25) is 9.69 Å². The summed E-state index contributed by atoms with van der Waals surface area (Å²) in [5.41, 5.74) is 0.0533. The minimum Gasteiger partial charge on any atom is -0.481 e. The molecule has 0 aromatic rings. The second-order valence-electron chi connectivity index (χ2n) is 5.28. The van der Waals surface area contributed by atoms with Gasteiger partial charge in [0.25, 0.3) is 0 Å². The third-order valence-electron chi connectivity index (χ3n) is 3.05. The topological polar surface area (TPSA) is 40.5 Å². The molecule has 0 amide bonds. The Morgan fingerprint density at radius 2 is 2.20 bits per heavy atom. The zero-order valence-corrected chi connectivity index (χ0v) is 9.66.